The fraction of sp³-hybridized carbons (Fsp3) is 0.300. The van der Waals surface area contributed by atoms with Gasteiger partial charge in [-0.1, -0.05) is 29.8 Å². The quantitative estimate of drug-likeness (QED) is 0.778. The molecule has 0 saturated carbocycles. The first kappa shape index (κ1) is 20.7. The zero-order valence-corrected chi connectivity index (χ0v) is 16.3. The average molecular weight is 393 g/mol. The molecule has 0 atom stereocenters. The Kier molecular flexibility index (Phi) is 7.19. The Morgan fingerprint density at radius 3 is 2.59 bits per heavy atom. The third-order valence-electron chi connectivity index (χ3n) is 4.13. The number of benzene rings is 2. The van der Waals surface area contributed by atoms with Crippen molar-refractivity contribution in [3.8, 4) is 5.75 Å². The SMILES string of the molecule is COc1cc(Cl)c(C)cc1N(CCC(=O)NCc1ccccc1F)C(C)=O. The highest BCUT2D eigenvalue weighted by Crippen LogP contribution is 2.34. The molecule has 144 valence electrons. The summed E-state index contributed by atoms with van der Waals surface area (Å²) in [5, 5.41) is 3.19. The average Bonchev–Trinajstić information content (AvgIpc) is 2.63. The predicted molar refractivity (Wildman–Crippen MR) is 104 cm³/mol. The molecule has 0 aliphatic rings. The van der Waals surface area contributed by atoms with E-state index in [1.807, 2.05) is 6.92 Å². The monoisotopic (exact) mass is 392 g/mol. The number of nitrogens with zero attached hydrogens (tertiary/aromatic N) is 1. The zero-order valence-electron chi connectivity index (χ0n) is 15.5. The van der Waals surface area contributed by atoms with E-state index in [1.165, 1.54) is 25.0 Å². The van der Waals surface area contributed by atoms with E-state index in [0.29, 0.717) is 22.0 Å². The smallest absolute Gasteiger partial charge is 0.223 e. The topological polar surface area (TPSA) is 58.6 Å². The third kappa shape index (κ3) is 5.44. The van der Waals surface area contributed by atoms with Gasteiger partial charge in [0.05, 0.1) is 12.8 Å². The number of aryl methyl sites for hydroxylation is 1. The van der Waals surface area contributed by atoms with Gasteiger partial charge in [0.15, 0.2) is 0 Å². The number of hydrogen-bond donors (Lipinski definition) is 1. The maximum absolute atomic E-state index is 13.6. The molecule has 0 aliphatic carbocycles. The van der Waals surface area contributed by atoms with Crippen molar-refractivity contribution in [3.05, 3.63) is 58.4 Å². The van der Waals surface area contributed by atoms with Crippen LogP contribution in [0.3, 0.4) is 0 Å². The number of anilines is 1. The van der Waals surface area contributed by atoms with Crippen molar-refractivity contribution in [1.82, 2.24) is 5.32 Å². The van der Waals surface area contributed by atoms with Gasteiger partial charge in [0.2, 0.25) is 11.8 Å². The highest BCUT2D eigenvalue weighted by Gasteiger charge is 2.19. The van der Waals surface area contributed by atoms with Gasteiger partial charge in [0, 0.05) is 43.1 Å². The Morgan fingerprint density at radius 1 is 1.26 bits per heavy atom. The molecule has 2 amide bonds. The van der Waals surface area contributed by atoms with E-state index < -0.39 is 0 Å². The van der Waals surface area contributed by atoms with Gasteiger partial charge in [-0.25, -0.2) is 4.39 Å². The lowest BCUT2D eigenvalue weighted by Gasteiger charge is -2.24. The minimum atomic E-state index is -0.371. The van der Waals surface area contributed by atoms with E-state index in [2.05, 4.69) is 5.32 Å². The fourth-order valence-corrected chi connectivity index (χ4v) is 2.76. The molecule has 0 radical (unpaired) electrons. The molecule has 0 bridgehead atoms. The van der Waals surface area contributed by atoms with Crippen molar-refractivity contribution in [2.75, 3.05) is 18.6 Å². The summed E-state index contributed by atoms with van der Waals surface area (Å²) in [5.74, 6) is -0.428. The normalized spacial score (nSPS) is 10.4. The molecule has 7 heteroatoms. The van der Waals surface area contributed by atoms with Crippen LogP contribution in [0.1, 0.15) is 24.5 Å². The van der Waals surface area contributed by atoms with Gasteiger partial charge in [-0.05, 0) is 24.6 Å². The molecule has 1 N–H and O–H groups in total. The van der Waals surface area contributed by atoms with Gasteiger partial charge < -0.3 is 15.0 Å². The van der Waals surface area contributed by atoms with E-state index in [4.69, 9.17) is 16.3 Å². The molecule has 0 heterocycles. The third-order valence-corrected chi connectivity index (χ3v) is 4.53. The van der Waals surface area contributed by atoms with Crippen LogP contribution in [-0.2, 0) is 16.1 Å². The van der Waals surface area contributed by atoms with Crippen molar-refractivity contribution in [2.24, 2.45) is 0 Å². The number of methoxy groups -OCH3 is 1. The van der Waals surface area contributed by atoms with Crippen LogP contribution in [-0.4, -0.2) is 25.5 Å². The molecule has 0 saturated heterocycles. The van der Waals surface area contributed by atoms with E-state index in [1.54, 1.807) is 30.3 Å². The summed E-state index contributed by atoms with van der Waals surface area (Å²) >= 11 is 6.11. The first-order chi connectivity index (χ1) is 12.8. The molecule has 0 unspecified atom stereocenters. The minimum Gasteiger partial charge on any atom is -0.495 e. The largest absolute Gasteiger partial charge is 0.495 e. The van der Waals surface area contributed by atoms with Gasteiger partial charge in [-0.2, -0.15) is 0 Å². The number of rotatable bonds is 7. The molecule has 0 aliphatic heterocycles. The Hall–Kier alpha value is -2.60. The molecule has 0 fully saturated rings. The van der Waals surface area contributed by atoms with E-state index in [-0.39, 0.29) is 37.1 Å². The summed E-state index contributed by atoms with van der Waals surface area (Å²) in [7, 11) is 1.49. The second-order valence-electron chi connectivity index (χ2n) is 6.06. The van der Waals surface area contributed by atoms with Crippen molar-refractivity contribution >= 4 is 29.1 Å². The van der Waals surface area contributed by atoms with Crippen LogP contribution in [0.25, 0.3) is 0 Å². The Labute approximate surface area is 163 Å². The first-order valence-corrected chi connectivity index (χ1v) is 8.83. The highest BCUT2D eigenvalue weighted by atomic mass is 35.5. The lowest BCUT2D eigenvalue weighted by atomic mass is 10.1. The summed E-state index contributed by atoms with van der Waals surface area (Å²) in [6, 6.07) is 9.64. The Bertz CT molecular complexity index is 842. The van der Waals surface area contributed by atoms with Crippen LogP contribution in [0.5, 0.6) is 5.75 Å². The first-order valence-electron chi connectivity index (χ1n) is 8.45. The van der Waals surface area contributed by atoms with E-state index in [0.717, 1.165) is 5.56 Å². The van der Waals surface area contributed by atoms with Gasteiger partial charge in [0.1, 0.15) is 11.6 Å². The number of amides is 2. The molecular formula is C20H22ClFN2O3. The van der Waals surface area contributed by atoms with Crippen molar-refractivity contribution in [2.45, 2.75) is 26.8 Å². The molecular weight excluding hydrogens is 371 g/mol. The van der Waals surface area contributed by atoms with E-state index in [9.17, 15) is 14.0 Å². The zero-order chi connectivity index (χ0) is 20.0. The summed E-state index contributed by atoms with van der Waals surface area (Å²) in [6.45, 7) is 3.50. The standard InChI is InChI=1S/C20H22ClFN2O3/c1-13-10-18(19(27-3)11-16(13)21)24(14(2)25)9-8-20(26)23-12-15-6-4-5-7-17(15)22/h4-7,10-11H,8-9,12H2,1-3H3,(H,23,26). The van der Waals surface area contributed by atoms with Crippen molar-refractivity contribution in [3.63, 3.8) is 0 Å². The van der Waals surface area contributed by atoms with Gasteiger partial charge in [-0.3, -0.25) is 9.59 Å². The summed E-state index contributed by atoms with van der Waals surface area (Å²) in [6.07, 6.45) is 0.0683. The number of nitrogens with one attached hydrogen (secondary N) is 1. The van der Waals surface area contributed by atoms with E-state index >= 15 is 0 Å². The number of carbonyl (C=O) groups is 2. The van der Waals surface area contributed by atoms with Crippen LogP contribution in [0.15, 0.2) is 36.4 Å². The predicted octanol–water partition coefficient (Wildman–Crippen LogP) is 3.86. The van der Waals surface area contributed by atoms with Crippen LogP contribution < -0.4 is 15.0 Å². The number of ether oxygens (including phenoxy) is 1. The van der Waals surface area contributed by atoms with Gasteiger partial charge >= 0.3 is 0 Å². The van der Waals surface area contributed by atoms with Crippen molar-refractivity contribution in [1.29, 1.82) is 0 Å². The van der Waals surface area contributed by atoms with Crippen molar-refractivity contribution < 1.29 is 18.7 Å². The number of halogens is 2. The Morgan fingerprint density at radius 2 is 1.96 bits per heavy atom. The molecule has 27 heavy (non-hydrogen) atoms. The summed E-state index contributed by atoms with van der Waals surface area (Å²) in [5.41, 5.74) is 1.75. The second-order valence-corrected chi connectivity index (χ2v) is 6.47. The molecule has 2 aromatic rings. The lowest BCUT2D eigenvalue weighted by molar-refractivity contribution is -0.121. The van der Waals surface area contributed by atoms with Crippen LogP contribution >= 0.6 is 11.6 Å². The molecule has 2 rings (SSSR count). The second kappa shape index (κ2) is 9.37. The summed E-state index contributed by atoms with van der Waals surface area (Å²) in [4.78, 5) is 25.7. The highest BCUT2D eigenvalue weighted by molar-refractivity contribution is 6.31. The van der Waals surface area contributed by atoms with Gasteiger partial charge in [-0.15, -0.1) is 0 Å². The van der Waals surface area contributed by atoms with Crippen LogP contribution in [0.2, 0.25) is 5.02 Å². The molecule has 0 spiro atoms. The van der Waals surface area contributed by atoms with Crippen LogP contribution in [0.4, 0.5) is 10.1 Å². The maximum Gasteiger partial charge on any atom is 0.223 e. The molecule has 2 aromatic carbocycles. The van der Waals surface area contributed by atoms with Gasteiger partial charge in [0.25, 0.3) is 0 Å². The minimum absolute atomic E-state index is 0.0683. The number of hydrogen-bond acceptors (Lipinski definition) is 3. The fourth-order valence-electron chi connectivity index (χ4n) is 2.61. The number of carbonyl (C=O) groups excluding carboxylic acids is 2. The lowest BCUT2D eigenvalue weighted by Crippen LogP contribution is -2.34. The Balaban J connectivity index is 2.05. The van der Waals surface area contributed by atoms with Crippen LogP contribution in [0, 0.1) is 12.7 Å². The summed E-state index contributed by atoms with van der Waals surface area (Å²) < 4.78 is 18.9. The molecule has 0 aromatic heterocycles. The molecule has 5 nitrogen and oxygen atoms in total. The maximum atomic E-state index is 13.6.